The number of hydrogen-bond acceptors (Lipinski definition) is 1. The highest BCUT2D eigenvalue weighted by molar-refractivity contribution is 5.95. The standard InChI is InChI=1S/C24H28O/c25-24(17-16-20-10-4-1-5-11-20)23(18-21-12-6-2-7-13-21)19-22-14-8-3-9-15-22/h1-2,4-7,10-13,19,22H,3,8-9,14-18H2/b23-19-. The first kappa shape index (κ1) is 17.7. The lowest BCUT2D eigenvalue weighted by atomic mass is 9.85. The number of hydrogen-bond donors (Lipinski definition) is 0. The number of allylic oxidation sites excluding steroid dienone is 2. The summed E-state index contributed by atoms with van der Waals surface area (Å²) >= 11 is 0. The number of benzene rings is 2. The summed E-state index contributed by atoms with van der Waals surface area (Å²) in [5, 5.41) is 0. The molecule has 0 unspecified atom stereocenters. The fourth-order valence-corrected chi connectivity index (χ4v) is 3.71. The summed E-state index contributed by atoms with van der Waals surface area (Å²) < 4.78 is 0. The molecule has 0 bridgehead atoms. The Balaban J connectivity index is 1.70. The number of carbonyl (C=O) groups is 1. The second kappa shape index (κ2) is 9.36. The molecule has 3 rings (SSSR count). The van der Waals surface area contributed by atoms with E-state index in [1.54, 1.807) is 0 Å². The van der Waals surface area contributed by atoms with Gasteiger partial charge in [-0.25, -0.2) is 0 Å². The van der Waals surface area contributed by atoms with E-state index in [1.165, 1.54) is 43.2 Å². The first-order valence-electron chi connectivity index (χ1n) is 9.63. The van der Waals surface area contributed by atoms with Crippen LogP contribution in [-0.2, 0) is 17.6 Å². The van der Waals surface area contributed by atoms with Gasteiger partial charge in [0.2, 0.25) is 0 Å². The van der Waals surface area contributed by atoms with Crippen LogP contribution in [0.15, 0.2) is 72.3 Å². The number of Topliss-reactive ketones (excluding diaryl/α,β-unsaturated/α-hetero) is 1. The van der Waals surface area contributed by atoms with E-state index in [2.05, 4.69) is 42.5 Å². The zero-order chi connectivity index (χ0) is 17.3. The van der Waals surface area contributed by atoms with Gasteiger partial charge in [0, 0.05) is 12.8 Å². The Morgan fingerprint density at radius 2 is 1.44 bits per heavy atom. The van der Waals surface area contributed by atoms with E-state index >= 15 is 0 Å². The molecule has 1 nitrogen and oxygen atoms in total. The third kappa shape index (κ3) is 5.70. The molecule has 0 heterocycles. The molecule has 0 aliphatic heterocycles. The summed E-state index contributed by atoms with van der Waals surface area (Å²) in [7, 11) is 0. The summed E-state index contributed by atoms with van der Waals surface area (Å²) in [5.41, 5.74) is 3.50. The van der Waals surface area contributed by atoms with Gasteiger partial charge in [-0.1, -0.05) is 86.0 Å². The quantitative estimate of drug-likeness (QED) is 0.574. The average Bonchev–Trinajstić information content (AvgIpc) is 2.68. The van der Waals surface area contributed by atoms with Gasteiger partial charge in [-0.2, -0.15) is 0 Å². The van der Waals surface area contributed by atoms with Gasteiger partial charge in [-0.3, -0.25) is 4.79 Å². The molecule has 0 atom stereocenters. The number of carbonyl (C=O) groups excluding carboxylic acids is 1. The highest BCUT2D eigenvalue weighted by Gasteiger charge is 2.16. The Labute approximate surface area is 151 Å². The Kier molecular flexibility index (Phi) is 6.62. The highest BCUT2D eigenvalue weighted by atomic mass is 16.1. The lowest BCUT2D eigenvalue weighted by Crippen LogP contribution is -2.11. The minimum atomic E-state index is 0.318. The molecule has 0 amide bonds. The Bertz CT molecular complexity index is 679. The molecule has 1 fully saturated rings. The van der Waals surface area contributed by atoms with Gasteiger partial charge in [-0.05, 0) is 41.9 Å². The van der Waals surface area contributed by atoms with Gasteiger partial charge in [0.15, 0.2) is 5.78 Å². The fourth-order valence-electron chi connectivity index (χ4n) is 3.71. The van der Waals surface area contributed by atoms with Crippen LogP contribution in [0.25, 0.3) is 0 Å². The van der Waals surface area contributed by atoms with E-state index in [0.717, 1.165) is 18.4 Å². The Morgan fingerprint density at radius 3 is 2.08 bits per heavy atom. The van der Waals surface area contributed by atoms with Crippen LogP contribution >= 0.6 is 0 Å². The Hall–Kier alpha value is -2.15. The lowest BCUT2D eigenvalue weighted by Gasteiger charge is -2.20. The predicted octanol–water partition coefficient (Wildman–Crippen LogP) is 5.94. The Morgan fingerprint density at radius 1 is 0.840 bits per heavy atom. The predicted molar refractivity (Wildman–Crippen MR) is 105 cm³/mol. The fraction of sp³-hybridized carbons (Fsp3) is 0.375. The smallest absolute Gasteiger partial charge is 0.159 e. The SMILES string of the molecule is O=C(CCc1ccccc1)/C(=C\C1CCCCC1)Cc1ccccc1. The molecular formula is C24H28O. The summed E-state index contributed by atoms with van der Waals surface area (Å²) in [5.74, 6) is 0.909. The van der Waals surface area contributed by atoms with E-state index < -0.39 is 0 Å². The number of rotatable bonds is 7. The average molecular weight is 332 g/mol. The third-order valence-corrected chi connectivity index (χ3v) is 5.17. The van der Waals surface area contributed by atoms with Crippen molar-refractivity contribution in [3.63, 3.8) is 0 Å². The van der Waals surface area contributed by atoms with Crippen molar-refractivity contribution < 1.29 is 4.79 Å². The summed E-state index contributed by atoms with van der Waals surface area (Å²) in [6, 6.07) is 20.7. The van der Waals surface area contributed by atoms with E-state index in [1.807, 2.05) is 24.3 Å². The zero-order valence-electron chi connectivity index (χ0n) is 15.0. The molecule has 0 saturated heterocycles. The largest absolute Gasteiger partial charge is 0.295 e. The van der Waals surface area contributed by atoms with Gasteiger partial charge >= 0.3 is 0 Å². The minimum Gasteiger partial charge on any atom is -0.295 e. The van der Waals surface area contributed by atoms with E-state index in [0.29, 0.717) is 18.1 Å². The third-order valence-electron chi connectivity index (χ3n) is 5.17. The van der Waals surface area contributed by atoms with E-state index in [-0.39, 0.29) is 0 Å². The summed E-state index contributed by atoms with van der Waals surface area (Å²) in [6.45, 7) is 0. The van der Waals surface area contributed by atoms with Crippen LogP contribution < -0.4 is 0 Å². The van der Waals surface area contributed by atoms with Gasteiger partial charge in [0.05, 0.1) is 0 Å². The molecule has 0 aromatic heterocycles. The zero-order valence-corrected chi connectivity index (χ0v) is 15.0. The molecule has 2 aromatic rings. The van der Waals surface area contributed by atoms with Crippen molar-refractivity contribution in [1.82, 2.24) is 0 Å². The van der Waals surface area contributed by atoms with Crippen LogP contribution in [-0.4, -0.2) is 5.78 Å². The van der Waals surface area contributed by atoms with E-state index in [9.17, 15) is 4.79 Å². The molecule has 2 aromatic carbocycles. The van der Waals surface area contributed by atoms with Crippen LogP contribution in [0.5, 0.6) is 0 Å². The van der Waals surface area contributed by atoms with Gasteiger partial charge in [-0.15, -0.1) is 0 Å². The molecule has 130 valence electrons. The molecule has 1 aliphatic rings. The highest BCUT2D eigenvalue weighted by Crippen LogP contribution is 2.27. The van der Waals surface area contributed by atoms with Crippen molar-refractivity contribution in [2.45, 2.75) is 51.4 Å². The van der Waals surface area contributed by atoms with Crippen LogP contribution in [0.1, 0.15) is 49.7 Å². The van der Waals surface area contributed by atoms with Gasteiger partial charge < -0.3 is 0 Å². The molecule has 1 heteroatoms. The molecule has 0 N–H and O–H groups in total. The minimum absolute atomic E-state index is 0.318. The first-order chi connectivity index (χ1) is 12.3. The van der Waals surface area contributed by atoms with Crippen LogP contribution in [0, 0.1) is 5.92 Å². The van der Waals surface area contributed by atoms with Crippen LogP contribution in [0.3, 0.4) is 0 Å². The normalized spacial score (nSPS) is 15.9. The van der Waals surface area contributed by atoms with Crippen LogP contribution in [0.4, 0.5) is 0 Å². The first-order valence-corrected chi connectivity index (χ1v) is 9.63. The summed E-state index contributed by atoms with van der Waals surface area (Å²) in [4.78, 5) is 12.9. The number of aryl methyl sites for hydroxylation is 1. The maximum absolute atomic E-state index is 12.9. The topological polar surface area (TPSA) is 17.1 Å². The monoisotopic (exact) mass is 332 g/mol. The molecule has 25 heavy (non-hydrogen) atoms. The van der Waals surface area contributed by atoms with Crippen molar-refractivity contribution in [2.75, 3.05) is 0 Å². The second-order valence-corrected chi connectivity index (χ2v) is 7.16. The lowest BCUT2D eigenvalue weighted by molar-refractivity contribution is -0.115. The van der Waals surface area contributed by atoms with Crippen molar-refractivity contribution in [3.8, 4) is 0 Å². The molecular weight excluding hydrogens is 304 g/mol. The van der Waals surface area contributed by atoms with Crippen molar-refractivity contribution in [3.05, 3.63) is 83.4 Å². The van der Waals surface area contributed by atoms with E-state index in [4.69, 9.17) is 0 Å². The maximum atomic E-state index is 12.9. The molecule has 1 saturated carbocycles. The van der Waals surface area contributed by atoms with Crippen molar-refractivity contribution in [2.24, 2.45) is 5.92 Å². The number of ketones is 1. The second-order valence-electron chi connectivity index (χ2n) is 7.16. The molecule has 0 spiro atoms. The van der Waals surface area contributed by atoms with Gasteiger partial charge in [0.1, 0.15) is 0 Å². The summed E-state index contributed by atoms with van der Waals surface area (Å²) in [6.07, 6.45) is 10.9. The maximum Gasteiger partial charge on any atom is 0.159 e. The van der Waals surface area contributed by atoms with Crippen molar-refractivity contribution in [1.29, 1.82) is 0 Å². The van der Waals surface area contributed by atoms with Gasteiger partial charge in [0.25, 0.3) is 0 Å². The molecule has 1 aliphatic carbocycles. The molecule has 0 radical (unpaired) electrons. The van der Waals surface area contributed by atoms with Crippen molar-refractivity contribution >= 4 is 5.78 Å². The van der Waals surface area contributed by atoms with Crippen LogP contribution in [0.2, 0.25) is 0 Å².